The van der Waals surface area contributed by atoms with E-state index in [-0.39, 0.29) is 0 Å². The molecule has 0 atom stereocenters. The first-order valence-electron chi connectivity index (χ1n) is 4.27. The number of fused-ring (bicyclic) bond motifs is 1. The second-order valence-electron chi connectivity index (χ2n) is 3.44. The van der Waals surface area contributed by atoms with Crippen molar-refractivity contribution in [2.24, 2.45) is 0 Å². The van der Waals surface area contributed by atoms with E-state index in [9.17, 15) is 8.42 Å². The van der Waals surface area contributed by atoms with Crippen LogP contribution in [-0.2, 0) is 10.0 Å². The minimum atomic E-state index is -3.19. The van der Waals surface area contributed by atoms with Gasteiger partial charge >= 0.3 is 0 Å². The molecule has 0 unspecified atom stereocenters. The van der Waals surface area contributed by atoms with Gasteiger partial charge in [0.05, 0.1) is 11.8 Å². The van der Waals surface area contributed by atoms with Gasteiger partial charge in [0.15, 0.2) is 0 Å². The van der Waals surface area contributed by atoms with Crippen LogP contribution >= 0.6 is 0 Å². The Labute approximate surface area is 83.0 Å². The summed E-state index contributed by atoms with van der Waals surface area (Å²) in [5.41, 5.74) is 1.80. The lowest BCUT2D eigenvalue weighted by molar-refractivity contribution is 0.595. The van der Waals surface area contributed by atoms with Crippen LogP contribution in [0, 0.1) is 6.92 Å². The summed E-state index contributed by atoms with van der Waals surface area (Å²) >= 11 is 0. The second-order valence-corrected chi connectivity index (χ2v) is 5.30. The Morgan fingerprint density at radius 3 is 2.57 bits per heavy atom. The molecule has 3 nitrogen and oxygen atoms in total. The third-order valence-electron chi connectivity index (χ3n) is 2.17. The summed E-state index contributed by atoms with van der Waals surface area (Å²) in [6.45, 7) is 1.94. The fraction of sp³-hybridized carbons (Fsp3) is 0.200. The Bertz CT molecular complexity index is 581. The predicted octanol–water partition coefficient (Wildman–Crippen LogP) is 1.76. The van der Waals surface area contributed by atoms with Gasteiger partial charge in [-0.25, -0.2) is 12.4 Å². The molecule has 1 heterocycles. The van der Waals surface area contributed by atoms with Crippen molar-refractivity contribution in [3.8, 4) is 0 Å². The fourth-order valence-electron chi connectivity index (χ4n) is 1.50. The number of hydrogen-bond acceptors (Lipinski definition) is 2. The molecule has 0 aliphatic heterocycles. The van der Waals surface area contributed by atoms with Crippen molar-refractivity contribution in [2.75, 3.05) is 6.26 Å². The minimum Gasteiger partial charge on any atom is -0.245 e. The van der Waals surface area contributed by atoms with Crippen LogP contribution in [-0.4, -0.2) is 18.6 Å². The topological polar surface area (TPSA) is 39.1 Å². The maximum Gasteiger partial charge on any atom is 0.236 e. The van der Waals surface area contributed by atoms with Crippen LogP contribution in [0.3, 0.4) is 0 Å². The molecule has 0 radical (unpaired) electrons. The molecule has 74 valence electrons. The van der Waals surface area contributed by atoms with Crippen LogP contribution in [0.2, 0.25) is 0 Å². The van der Waals surface area contributed by atoms with Crippen molar-refractivity contribution in [3.63, 3.8) is 0 Å². The van der Waals surface area contributed by atoms with Crippen molar-refractivity contribution in [1.82, 2.24) is 3.97 Å². The standard InChI is InChI=1S/C10H11NO2S/c1-8-3-4-9-5-6-11(10(9)7-8)14(2,12)13/h3-7H,1-2H3. The van der Waals surface area contributed by atoms with Gasteiger partial charge in [-0.1, -0.05) is 12.1 Å². The lowest BCUT2D eigenvalue weighted by Crippen LogP contribution is -2.07. The Morgan fingerprint density at radius 2 is 1.93 bits per heavy atom. The maximum atomic E-state index is 11.4. The molecule has 0 fully saturated rings. The fourth-order valence-corrected chi connectivity index (χ4v) is 2.30. The minimum absolute atomic E-state index is 0.743. The molecule has 0 saturated carbocycles. The van der Waals surface area contributed by atoms with Crippen LogP contribution in [0.25, 0.3) is 10.9 Å². The van der Waals surface area contributed by atoms with Crippen LogP contribution < -0.4 is 0 Å². The highest BCUT2D eigenvalue weighted by Crippen LogP contribution is 2.18. The Kier molecular flexibility index (Phi) is 1.89. The molecule has 0 N–H and O–H groups in total. The van der Waals surface area contributed by atoms with Gasteiger partial charge in [0, 0.05) is 11.6 Å². The van der Waals surface area contributed by atoms with Gasteiger partial charge in [-0.05, 0) is 24.6 Å². The Morgan fingerprint density at radius 1 is 1.21 bits per heavy atom. The van der Waals surface area contributed by atoms with Gasteiger partial charge in [0.2, 0.25) is 10.0 Å². The summed E-state index contributed by atoms with van der Waals surface area (Å²) in [5, 5.41) is 0.945. The molecule has 0 saturated heterocycles. The smallest absolute Gasteiger partial charge is 0.236 e. The van der Waals surface area contributed by atoms with Gasteiger partial charge in [0.25, 0.3) is 0 Å². The predicted molar refractivity (Wildman–Crippen MR) is 56.9 cm³/mol. The second kappa shape index (κ2) is 2.85. The monoisotopic (exact) mass is 209 g/mol. The molecule has 4 heteroatoms. The normalized spacial score (nSPS) is 12.1. The average Bonchev–Trinajstić information content (AvgIpc) is 2.45. The van der Waals surface area contributed by atoms with E-state index in [0.717, 1.165) is 16.5 Å². The van der Waals surface area contributed by atoms with E-state index in [1.54, 1.807) is 12.3 Å². The molecule has 0 bridgehead atoms. The number of nitrogens with zero attached hydrogens (tertiary/aromatic N) is 1. The SMILES string of the molecule is Cc1ccc2ccn(S(C)(=O)=O)c2c1. The van der Waals surface area contributed by atoms with Crippen molar-refractivity contribution >= 4 is 20.9 Å². The van der Waals surface area contributed by atoms with Crippen LogP contribution in [0.5, 0.6) is 0 Å². The third kappa shape index (κ3) is 1.42. The zero-order valence-electron chi connectivity index (χ0n) is 8.06. The van der Waals surface area contributed by atoms with Gasteiger partial charge in [0.1, 0.15) is 0 Å². The number of rotatable bonds is 1. The molecular weight excluding hydrogens is 198 g/mol. The molecule has 0 aliphatic carbocycles. The summed E-state index contributed by atoms with van der Waals surface area (Å²) in [5.74, 6) is 0. The van der Waals surface area contributed by atoms with Crippen LogP contribution in [0.4, 0.5) is 0 Å². The van der Waals surface area contributed by atoms with Gasteiger partial charge in [-0.3, -0.25) is 0 Å². The van der Waals surface area contributed by atoms with Gasteiger partial charge in [-0.15, -0.1) is 0 Å². The van der Waals surface area contributed by atoms with E-state index in [0.29, 0.717) is 0 Å². The quantitative estimate of drug-likeness (QED) is 0.717. The van der Waals surface area contributed by atoms with E-state index >= 15 is 0 Å². The van der Waals surface area contributed by atoms with E-state index in [1.165, 1.54) is 10.2 Å². The third-order valence-corrected chi connectivity index (χ3v) is 3.20. The summed E-state index contributed by atoms with van der Waals surface area (Å²) < 4.78 is 24.1. The maximum absolute atomic E-state index is 11.4. The van der Waals surface area contributed by atoms with E-state index in [1.807, 2.05) is 25.1 Å². The number of hydrogen-bond donors (Lipinski definition) is 0. The van der Waals surface area contributed by atoms with Crippen molar-refractivity contribution in [1.29, 1.82) is 0 Å². The molecule has 0 amide bonds. The first kappa shape index (κ1) is 9.27. The number of aromatic nitrogens is 1. The zero-order chi connectivity index (χ0) is 10.3. The van der Waals surface area contributed by atoms with E-state index in [2.05, 4.69) is 0 Å². The Balaban J connectivity index is 2.87. The molecular formula is C10H11NO2S. The highest BCUT2D eigenvalue weighted by atomic mass is 32.2. The number of benzene rings is 1. The van der Waals surface area contributed by atoms with E-state index in [4.69, 9.17) is 0 Å². The van der Waals surface area contributed by atoms with Gasteiger partial charge in [-0.2, -0.15) is 0 Å². The molecule has 1 aromatic carbocycles. The summed E-state index contributed by atoms with van der Waals surface area (Å²) in [4.78, 5) is 0. The van der Waals surface area contributed by atoms with Crippen molar-refractivity contribution in [3.05, 3.63) is 36.0 Å². The molecule has 2 rings (SSSR count). The summed E-state index contributed by atoms with van der Waals surface area (Å²) in [6, 6.07) is 7.56. The Hall–Kier alpha value is -1.29. The van der Waals surface area contributed by atoms with Crippen LogP contribution in [0.1, 0.15) is 5.56 Å². The molecule has 14 heavy (non-hydrogen) atoms. The first-order valence-corrected chi connectivity index (χ1v) is 6.11. The van der Waals surface area contributed by atoms with Crippen molar-refractivity contribution < 1.29 is 8.42 Å². The first-order chi connectivity index (χ1) is 6.48. The summed E-state index contributed by atoms with van der Waals surface area (Å²) in [7, 11) is -3.19. The van der Waals surface area contributed by atoms with E-state index < -0.39 is 10.0 Å². The lowest BCUT2D eigenvalue weighted by Gasteiger charge is -2.02. The highest BCUT2D eigenvalue weighted by Gasteiger charge is 2.08. The molecule has 2 aromatic rings. The highest BCUT2D eigenvalue weighted by molar-refractivity contribution is 7.89. The zero-order valence-corrected chi connectivity index (χ0v) is 8.88. The number of aryl methyl sites for hydroxylation is 1. The molecule has 1 aromatic heterocycles. The average molecular weight is 209 g/mol. The lowest BCUT2D eigenvalue weighted by atomic mass is 10.2. The summed E-state index contributed by atoms with van der Waals surface area (Å²) in [6.07, 6.45) is 2.79. The largest absolute Gasteiger partial charge is 0.245 e. The van der Waals surface area contributed by atoms with Crippen molar-refractivity contribution in [2.45, 2.75) is 6.92 Å². The molecule has 0 aliphatic rings. The van der Waals surface area contributed by atoms with Gasteiger partial charge < -0.3 is 0 Å². The molecule has 0 spiro atoms. The van der Waals surface area contributed by atoms with Crippen LogP contribution in [0.15, 0.2) is 30.5 Å².